The van der Waals surface area contributed by atoms with Gasteiger partial charge in [0.2, 0.25) is 0 Å². The Balaban J connectivity index is 1.61. The van der Waals surface area contributed by atoms with Crippen molar-refractivity contribution >= 4 is 11.6 Å². The molecule has 0 fully saturated rings. The van der Waals surface area contributed by atoms with Gasteiger partial charge in [-0.2, -0.15) is 0 Å². The Labute approximate surface area is 128 Å². The molecule has 0 aliphatic carbocycles. The van der Waals surface area contributed by atoms with E-state index in [1.165, 1.54) is 0 Å². The van der Waals surface area contributed by atoms with E-state index in [2.05, 4.69) is 10.5 Å². The lowest BCUT2D eigenvalue weighted by atomic mass is 10.2. The summed E-state index contributed by atoms with van der Waals surface area (Å²) in [6.45, 7) is 3.45. The SMILES string of the molecule is Cc1cc(CNCC(O)COCc2ccccc2Cl)on1. The molecule has 2 aromatic rings. The van der Waals surface area contributed by atoms with Crippen LogP contribution in [0.1, 0.15) is 17.0 Å². The first-order valence-corrected chi connectivity index (χ1v) is 7.15. The van der Waals surface area contributed by atoms with E-state index in [-0.39, 0.29) is 6.61 Å². The van der Waals surface area contributed by atoms with Gasteiger partial charge in [-0.1, -0.05) is 35.0 Å². The summed E-state index contributed by atoms with van der Waals surface area (Å²) in [5, 5.41) is 17.4. The van der Waals surface area contributed by atoms with Gasteiger partial charge in [0.05, 0.1) is 31.6 Å². The highest BCUT2D eigenvalue weighted by molar-refractivity contribution is 6.31. The van der Waals surface area contributed by atoms with Crippen LogP contribution in [0.3, 0.4) is 0 Å². The normalized spacial score (nSPS) is 12.5. The molecule has 1 aromatic carbocycles. The van der Waals surface area contributed by atoms with Crippen molar-refractivity contribution in [3.05, 3.63) is 52.4 Å². The summed E-state index contributed by atoms with van der Waals surface area (Å²) < 4.78 is 10.5. The largest absolute Gasteiger partial charge is 0.389 e. The number of aryl methyl sites for hydroxylation is 1. The van der Waals surface area contributed by atoms with Gasteiger partial charge in [0.1, 0.15) is 0 Å². The Bertz CT molecular complexity index is 559. The maximum atomic E-state index is 9.81. The number of aliphatic hydroxyl groups is 1. The number of hydrogen-bond donors (Lipinski definition) is 2. The Morgan fingerprint density at radius 3 is 2.95 bits per heavy atom. The first-order valence-electron chi connectivity index (χ1n) is 6.77. The van der Waals surface area contributed by atoms with Gasteiger partial charge in [0.25, 0.3) is 0 Å². The monoisotopic (exact) mass is 310 g/mol. The lowest BCUT2D eigenvalue weighted by Gasteiger charge is -2.12. The summed E-state index contributed by atoms with van der Waals surface area (Å²) >= 11 is 6.02. The molecule has 0 radical (unpaired) electrons. The Hall–Kier alpha value is -1.40. The Kier molecular flexibility index (Phi) is 6.20. The van der Waals surface area contributed by atoms with Gasteiger partial charge < -0.3 is 19.7 Å². The fourth-order valence-electron chi connectivity index (χ4n) is 1.84. The minimum Gasteiger partial charge on any atom is -0.389 e. The van der Waals surface area contributed by atoms with Crippen LogP contribution in [-0.4, -0.2) is 29.5 Å². The molecular weight excluding hydrogens is 292 g/mol. The van der Waals surface area contributed by atoms with Crippen LogP contribution >= 0.6 is 11.6 Å². The van der Waals surface area contributed by atoms with Crippen molar-refractivity contribution in [2.45, 2.75) is 26.2 Å². The highest BCUT2D eigenvalue weighted by atomic mass is 35.5. The zero-order chi connectivity index (χ0) is 15.1. The van der Waals surface area contributed by atoms with Gasteiger partial charge in [0.15, 0.2) is 5.76 Å². The van der Waals surface area contributed by atoms with E-state index >= 15 is 0 Å². The van der Waals surface area contributed by atoms with Gasteiger partial charge in [-0.3, -0.25) is 0 Å². The van der Waals surface area contributed by atoms with Crippen LogP contribution < -0.4 is 5.32 Å². The number of nitrogens with one attached hydrogen (secondary N) is 1. The first-order chi connectivity index (χ1) is 10.1. The molecule has 0 amide bonds. The standard InChI is InChI=1S/C15H19ClN2O3/c1-11-6-14(21-18-11)8-17-7-13(19)10-20-9-12-4-2-3-5-15(12)16/h2-6,13,17,19H,7-10H2,1H3. The van der Waals surface area contributed by atoms with Crippen LogP contribution in [0.5, 0.6) is 0 Å². The Morgan fingerprint density at radius 1 is 1.43 bits per heavy atom. The molecule has 21 heavy (non-hydrogen) atoms. The third-order valence-electron chi connectivity index (χ3n) is 2.88. The average Bonchev–Trinajstić information content (AvgIpc) is 2.87. The number of aliphatic hydroxyl groups excluding tert-OH is 1. The minimum absolute atomic E-state index is 0.244. The average molecular weight is 311 g/mol. The molecule has 0 saturated heterocycles. The fraction of sp³-hybridized carbons (Fsp3) is 0.400. The summed E-state index contributed by atoms with van der Waals surface area (Å²) in [6, 6.07) is 9.35. The van der Waals surface area contributed by atoms with E-state index in [4.69, 9.17) is 20.9 Å². The topological polar surface area (TPSA) is 67.5 Å². The van der Waals surface area contributed by atoms with Gasteiger partial charge in [0, 0.05) is 17.6 Å². The molecule has 2 N–H and O–H groups in total. The van der Waals surface area contributed by atoms with Gasteiger partial charge in [-0.15, -0.1) is 0 Å². The summed E-state index contributed by atoms with van der Waals surface area (Å²) in [6.07, 6.45) is -0.587. The second-order valence-corrected chi connectivity index (χ2v) is 5.23. The molecule has 0 bridgehead atoms. The third kappa shape index (κ3) is 5.47. The summed E-state index contributed by atoms with van der Waals surface area (Å²) in [5.74, 6) is 0.747. The Morgan fingerprint density at radius 2 is 2.24 bits per heavy atom. The summed E-state index contributed by atoms with van der Waals surface area (Å²) in [5.41, 5.74) is 1.76. The van der Waals surface area contributed by atoms with Gasteiger partial charge in [-0.25, -0.2) is 0 Å². The smallest absolute Gasteiger partial charge is 0.150 e. The van der Waals surface area contributed by atoms with E-state index in [0.29, 0.717) is 24.7 Å². The zero-order valence-electron chi connectivity index (χ0n) is 11.9. The van der Waals surface area contributed by atoms with E-state index < -0.39 is 6.10 Å². The molecule has 1 heterocycles. The highest BCUT2D eigenvalue weighted by Crippen LogP contribution is 2.15. The maximum Gasteiger partial charge on any atom is 0.150 e. The molecule has 0 saturated carbocycles. The van der Waals surface area contributed by atoms with Crippen LogP contribution in [0.25, 0.3) is 0 Å². The number of ether oxygens (including phenoxy) is 1. The van der Waals surface area contributed by atoms with Crippen molar-refractivity contribution in [2.75, 3.05) is 13.2 Å². The van der Waals surface area contributed by atoms with Crippen LogP contribution in [0.15, 0.2) is 34.9 Å². The molecule has 0 aliphatic rings. The number of hydrogen-bond acceptors (Lipinski definition) is 5. The lowest BCUT2D eigenvalue weighted by Crippen LogP contribution is -2.30. The van der Waals surface area contributed by atoms with Crippen molar-refractivity contribution in [1.29, 1.82) is 0 Å². The van der Waals surface area contributed by atoms with Crippen LogP contribution in [-0.2, 0) is 17.9 Å². The maximum absolute atomic E-state index is 9.81. The molecule has 0 aliphatic heterocycles. The molecule has 5 nitrogen and oxygen atoms in total. The summed E-state index contributed by atoms with van der Waals surface area (Å²) in [7, 11) is 0. The lowest BCUT2D eigenvalue weighted by molar-refractivity contribution is 0.0285. The fourth-order valence-corrected chi connectivity index (χ4v) is 2.03. The highest BCUT2D eigenvalue weighted by Gasteiger charge is 2.06. The number of aromatic nitrogens is 1. The third-order valence-corrected chi connectivity index (χ3v) is 3.25. The van der Waals surface area contributed by atoms with Crippen LogP contribution in [0.4, 0.5) is 0 Å². The predicted molar refractivity (Wildman–Crippen MR) is 80.1 cm³/mol. The van der Waals surface area contributed by atoms with Crippen LogP contribution in [0, 0.1) is 6.92 Å². The van der Waals surface area contributed by atoms with Crippen molar-refractivity contribution in [1.82, 2.24) is 10.5 Å². The molecule has 6 heteroatoms. The van der Waals surface area contributed by atoms with Crippen molar-refractivity contribution in [3.63, 3.8) is 0 Å². The molecule has 1 unspecified atom stereocenters. The molecule has 1 aromatic heterocycles. The van der Waals surface area contributed by atoms with Crippen LogP contribution in [0.2, 0.25) is 5.02 Å². The predicted octanol–water partition coefficient (Wildman–Crippen LogP) is 2.30. The number of benzene rings is 1. The van der Waals surface area contributed by atoms with Crippen molar-refractivity contribution in [2.24, 2.45) is 0 Å². The molecule has 2 rings (SSSR count). The number of nitrogens with zero attached hydrogens (tertiary/aromatic N) is 1. The molecule has 1 atom stereocenters. The van der Waals surface area contributed by atoms with E-state index in [1.54, 1.807) is 0 Å². The zero-order valence-corrected chi connectivity index (χ0v) is 12.6. The molecular formula is C15H19ClN2O3. The first kappa shape index (κ1) is 16.0. The molecule has 114 valence electrons. The molecule has 0 spiro atoms. The van der Waals surface area contributed by atoms with E-state index in [0.717, 1.165) is 17.0 Å². The quantitative estimate of drug-likeness (QED) is 0.783. The van der Waals surface area contributed by atoms with Crippen molar-refractivity contribution in [3.8, 4) is 0 Å². The van der Waals surface area contributed by atoms with E-state index in [1.807, 2.05) is 37.3 Å². The second kappa shape index (κ2) is 8.14. The van der Waals surface area contributed by atoms with Gasteiger partial charge >= 0.3 is 0 Å². The van der Waals surface area contributed by atoms with E-state index in [9.17, 15) is 5.11 Å². The minimum atomic E-state index is -0.587. The second-order valence-electron chi connectivity index (χ2n) is 4.83. The summed E-state index contributed by atoms with van der Waals surface area (Å²) in [4.78, 5) is 0. The van der Waals surface area contributed by atoms with Crippen molar-refractivity contribution < 1.29 is 14.4 Å². The number of rotatable bonds is 8. The number of halogens is 1. The van der Waals surface area contributed by atoms with Gasteiger partial charge in [-0.05, 0) is 18.6 Å².